The lowest BCUT2D eigenvalue weighted by Crippen LogP contribution is -2.44. The number of aromatic nitrogens is 2. The maximum absolute atomic E-state index is 12.5. The molecule has 0 saturated carbocycles. The van der Waals surface area contributed by atoms with Gasteiger partial charge in [0.1, 0.15) is 23.0 Å². The molecule has 4 N–H and O–H groups in total. The third kappa shape index (κ3) is 6.08. The van der Waals surface area contributed by atoms with Gasteiger partial charge < -0.3 is 25.8 Å². The minimum atomic E-state index is -0.753. The minimum Gasteiger partial charge on any atom is -0.497 e. The number of nitrogens with zero attached hydrogens (tertiary/aromatic N) is 2. The van der Waals surface area contributed by atoms with Crippen LogP contribution < -0.4 is 25.8 Å². The van der Waals surface area contributed by atoms with Gasteiger partial charge in [0.25, 0.3) is 5.91 Å². The number of amides is 1. The minimum absolute atomic E-state index is 0.0613. The number of ketones is 1. The number of methoxy groups -OCH3 is 2. The lowest BCUT2D eigenvalue weighted by atomic mass is 9.89. The number of anilines is 1. The number of ether oxygens (including phenoxy) is 2. The lowest BCUT2D eigenvalue weighted by Gasteiger charge is -2.30. The number of rotatable bonds is 8. The quantitative estimate of drug-likeness (QED) is 0.409. The van der Waals surface area contributed by atoms with Crippen LogP contribution in [0.15, 0.2) is 37.1 Å². The molecule has 3 rings (SSSR count). The van der Waals surface area contributed by atoms with Gasteiger partial charge in [-0.05, 0) is 49.4 Å². The molecule has 0 spiro atoms. The number of piperidine rings is 1. The molecule has 1 aliphatic rings. The SMILES string of the molecule is C=CC(=O)C(Nc1cnc(C(N)=O)c(C#Cc2cc(OC)cc(OC)c2)n1)C1CCCNC1. The highest BCUT2D eigenvalue weighted by atomic mass is 16.5. The third-order valence-corrected chi connectivity index (χ3v) is 5.30. The topological polar surface area (TPSA) is 128 Å². The Hall–Kier alpha value is -3.90. The van der Waals surface area contributed by atoms with Crippen LogP contribution in [0.4, 0.5) is 5.82 Å². The standard InChI is InChI=1S/C24H27N5O4/c1-4-20(30)22(16-6-5-9-26-13-16)29-21-14-27-23(24(25)31)19(28-21)8-7-15-10-17(32-2)12-18(11-15)33-3/h4,10-12,14,16,22,26H,1,5-6,9,13H2,2-3H3,(H2,25,31)(H,28,29). The zero-order valence-electron chi connectivity index (χ0n) is 18.7. The molecule has 0 radical (unpaired) electrons. The van der Waals surface area contributed by atoms with E-state index in [0.29, 0.717) is 29.4 Å². The van der Waals surface area contributed by atoms with Gasteiger partial charge in [-0.1, -0.05) is 12.5 Å². The van der Waals surface area contributed by atoms with Crippen LogP contribution in [0.5, 0.6) is 11.5 Å². The van der Waals surface area contributed by atoms with Crippen molar-refractivity contribution in [1.29, 1.82) is 0 Å². The smallest absolute Gasteiger partial charge is 0.270 e. The summed E-state index contributed by atoms with van der Waals surface area (Å²) in [7, 11) is 3.08. The Morgan fingerprint density at radius 2 is 2.00 bits per heavy atom. The Morgan fingerprint density at radius 1 is 1.27 bits per heavy atom. The fraction of sp³-hybridized carbons (Fsp3) is 0.333. The van der Waals surface area contributed by atoms with E-state index in [4.69, 9.17) is 15.2 Å². The average Bonchev–Trinajstić information content (AvgIpc) is 2.85. The van der Waals surface area contributed by atoms with Crippen molar-refractivity contribution in [2.45, 2.75) is 18.9 Å². The number of nitrogens with one attached hydrogen (secondary N) is 2. The van der Waals surface area contributed by atoms with Crippen LogP contribution in [0.2, 0.25) is 0 Å². The Bertz CT molecular complexity index is 1080. The molecular formula is C24H27N5O4. The van der Waals surface area contributed by atoms with Gasteiger partial charge in [0.2, 0.25) is 0 Å². The first-order valence-corrected chi connectivity index (χ1v) is 10.5. The maximum atomic E-state index is 12.5. The summed E-state index contributed by atoms with van der Waals surface area (Å²) in [5.74, 6) is 6.44. The molecule has 9 nitrogen and oxygen atoms in total. The molecule has 2 heterocycles. The zero-order valence-corrected chi connectivity index (χ0v) is 18.7. The highest BCUT2D eigenvalue weighted by Gasteiger charge is 2.28. The number of hydrogen-bond donors (Lipinski definition) is 3. The van der Waals surface area contributed by atoms with E-state index in [1.54, 1.807) is 32.4 Å². The van der Waals surface area contributed by atoms with Crippen LogP contribution in [0.1, 0.15) is 34.6 Å². The molecule has 172 valence electrons. The molecule has 1 saturated heterocycles. The van der Waals surface area contributed by atoms with Crippen molar-refractivity contribution in [1.82, 2.24) is 15.3 Å². The van der Waals surface area contributed by atoms with Crippen LogP contribution in [0.3, 0.4) is 0 Å². The van der Waals surface area contributed by atoms with E-state index in [9.17, 15) is 9.59 Å². The molecule has 1 aromatic carbocycles. The van der Waals surface area contributed by atoms with Gasteiger partial charge in [-0.3, -0.25) is 9.59 Å². The monoisotopic (exact) mass is 449 g/mol. The van der Waals surface area contributed by atoms with Crippen molar-refractivity contribution in [3.63, 3.8) is 0 Å². The second-order valence-corrected chi connectivity index (χ2v) is 7.50. The summed E-state index contributed by atoms with van der Waals surface area (Å²) < 4.78 is 10.5. The third-order valence-electron chi connectivity index (χ3n) is 5.30. The molecule has 0 aliphatic carbocycles. The molecule has 1 aromatic heterocycles. The fourth-order valence-corrected chi connectivity index (χ4v) is 3.61. The molecule has 1 fully saturated rings. The Morgan fingerprint density at radius 3 is 2.58 bits per heavy atom. The number of primary amides is 1. The van der Waals surface area contributed by atoms with Gasteiger partial charge in [-0.15, -0.1) is 0 Å². The van der Waals surface area contributed by atoms with Crippen molar-refractivity contribution in [2.75, 3.05) is 32.6 Å². The summed E-state index contributed by atoms with van der Waals surface area (Å²) in [6.07, 6.45) is 4.54. The van der Waals surface area contributed by atoms with Gasteiger partial charge in [0.15, 0.2) is 11.5 Å². The molecule has 2 aromatic rings. The summed E-state index contributed by atoms with van der Waals surface area (Å²) >= 11 is 0. The van der Waals surface area contributed by atoms with E-state index < -0.39 is 11.9 Å². The molecule has 2 unspecified atom stereocenters. The van der Waals surface area contributed by atoms with Crippen molar-refractivity contribution < 1.29 is 19.1 Å². The largest absolute Gasteiger partial charge is 0.497 e. The van der Waals surface area contributed by atoms with Gasteiger partial charge >= 0.3 is 0 Å². The van der Waals surface area contributed by atoms with Crippen LogP contribution in [0, 0.1) is 17.8 Å². The van der Waals surface area contributed by atoms with E-state index in [2.05, 4.69) is 39.0 Å². The van der Waals surface area contributed by atoms with Crippen molar-refractivity contribution in [3.8, 4) is 23.3 Å². The number of carbonyl (C=O) groups is 2. The van der Waals surface area contributed by atoms with Crippen LogP contribution >= 0.6 is 0 Å². The summed E-state index contributed by atoms with van der Waals surface area (Å²) in [4.78, 5) is 33.0. The molecule has 2 atom stereocenters. The first kappa shape index (κ1) is 23.8. The number of nitrogens with two attached hydrogens (primary N) is 1. The van der Waals surface area contributed by atoms with Gasteiger partial charge in [0.05, 0.1) is 26.5 Å². The number of hydrogen-bond acceptors (Lipinski definition) is 8. The molecule has 33 heavy (non-hydrogen) atoms. The van der Waals surface area contributed by atoms with Crippen molar-refractivity contribution in [2.24, 2.45) is 11.7 Å². The van der Waals surface area contributed by atoms with E-state index >= 15 is 0 Å². The maximum Gasteiger partial charge on any atom is 0.270 e. The molecule has 1 amide bonds. The Labute approximate surface area is 192 Å². The molecule has 9 heteroatoms. The fourth-order valence-electron chi connectivity index (χ4n) is 3.61. The zero-order chi connectivity index (χ0) is 23.8. The summed E-state index contributed by atoms with van der Waals surface area (Å²) in [5, 5.41) is 6.45. The van der Waals surface area contributed by atoms with E-state index in [1.165, 1.54) is 12.3 Å². The van der Waals surface area contributed by atoms with Crippen LogP contribution in [-0.2, 0) is 4.79 Å². The van der Waals surface area contributed by atoms with Crippen LogP contribution in [0.25, 0.3) is 0 Å². The van der Waals surface area contributed by atoms with Gasteiger partial charge in [0, 0.05) is 18.2 Å². The number of carbonyl (C=O) groups excluding carboxylic acids is 2. The van der Waals surface area contributed by atoms with Crippen LogP contribution in [-0.4, -0.2) is 55.0 Å². The molecule has 0 bridgehead atoms. The summed E-state index contributed by atoms with van der Waals surface area (Å²) in [6, 6.07) is 4.65. The van der Waals surface area contributed by atoms with Crippen molar-refractivity contribution in [3.05, 3.63) is 54.0 Å². The second-order valence-electron chi connectivity index (χ2n) is 7.50. The van der Waals surface area contributed by atoms with E-state index in [1.807, 2.05) is 0 Å². The first-order chi connectivity index (χ1) is 15.9. The summed E-state index contributed by atoms with van der Waals surface area (Å²) in [5.41, 5.74) is 6.10. The predicted octanol–water partition coefficient (Wildman–Crippen LogP) is 1.53. The van der Waals surface area contributed by atoms with Crippen molar-refractivity contribution >= 4 is 17.5 Å². The summed E-state index contributed by atoms with van der Waals surface area (Å²) in [6.45, 7) is 5.24. The van der Waals surface area contributed by atoms with E-state index in [-0.39, 0.29) is 23.1 Å². The molecular weight excluding hydrogens is 422 g/mol. The predicted molar refractivity (Wildman–Crippen MR) is 124 cm³/mol. The van der Waals surface area contributed by atoms with Gasteiger partial charge in [-0.25, -0.2) is 9.97 Å². The highest BCUT2D eigenvalue weighted by molar-refractivity contribution is 5.96. The Balaban J connectivity index is 1.95. The lowest BCUT2D eigenvalue weighted by molar-refractivity contribution is -0.116. The first-order valence-electron chi connectivity index (χ1n) is 10.5. The van der Waals surface area contributed by atoms with E-state index in [0.717, 1.165) is 19.4 Å². The number of benzene rings is 1. The average molecular weight is 450 g/mol. The normalized spacial score (nSPS) is 16.0. The molecule has 1 aliphatic heterocycles. The second kappa shape index (κ2) is 11.1. The van der Waals surface area contributed by atoms with Gasteiger partial charge in [-0.2, -0.15) is 0 Å². The highest BCUT2D eigenvalue weighted by Crippen LogP contribution is 2.22. The Kier molecular flexibility index (Phi) is 8.00.